The molecule has 0 aromatic heterocycles. The third-order valence-electron chi connectivity index (χ3n) is 7.61. The molecule has 0 saturated carbocycles. The number of carbonyl (C=O) groups excluding carboxylic acids is 1. The zero-order valence-electron chi connectivity index (χ0n) is 21.2. The molecule has 0 unspecified atom stereocenters. The van der Waals surface area contributed by atoms with Crippen molar-refractivity contribution >= 4 is 24.7 Å². The molecule has 2 aliphatic rings. The number of carbonyl (C=O) groups is 1. The van der Waals surface area contributed by atoms with Gasteiger partial charge in [-0.15, -0.1) is 0 Å². The van der Waals surface area contributed by atoms with Gasteiger partial charge in [-0.2, -0.15) is 0 Å². The molecule has 34 heavy (non-hydrogen) atoms. The highest BCUT2D eigenvalue weighted by Crippen LogP contribution is 2.44. The number of allylic oxidation sites excluding steroid dienone is 2. The van der Waals surface area contributed by atoms with Gasteiger partial charge in [0.2, 0.25) is 0 Å². The smallest absolute Gasteiger partial charge is 0.302 e. The van der Waals surface area contributed by atoms with Crippen molar-refractivity contribution in [2.75, 3.05) is 6.61 Å². The highest BCUT2D eigenvalue weighted by molar-refractivity contribution is 6.99. The standard InChI is InChI=1S/C30H38O3Si/c1-22-19-20-24-13-12-18-28(33-23(2)31)29(24)27(22)21-32-34(30(3,4)5,25-14-8-6-9-15-25)26-16-10-7-11-17-26/h6-17,20,22,27-29H,18-19,21H2,1-5H3/t22-,27-,28-,29-/m0/s1. The first-order valence-corrected chi connectivity index (χ1v) is 14.4. The maximum absolute atomic E-state index is 11.9. The van der Waals surface area contributed by atoms with Gasteiger partial charge < -0.3 is 9.16 Å². The molecular weight excluding hydrogens is 436 g/mol. The van der Waals surface area contributed by atoms with E-state index in [1.54, 1.807) is 0 Å². The van der Waals surface area contributed by atoms with Crippen molar-refractivity contribution in [1.82, 2.24) is 0 Å². The summed E-state index contributed by atoms with van der Waals surface area (Å²) in [5.74, 6) is 0.716. The number of fused-ring (bicyclic) bond motifs is 1. The van der Waals surface area contributed by atoms with E-state index in [-0.39, 0.29) is 28.9 Å². The van der Waals surface area contributed by atoms with Crippen molar-refractivity contribution < 1.29 is 14.0 Å². The fourth-order valence-electron chi connectivity index (χ4n) is 5.97. The third kappa shape index (κ3) is 4.71. The van der Waals surface area contributed by atoms with Crippen LogP contribution in [0.4, 0.5) is 0 Å². The van der Waals surface area contributed by atoms with Crippen LogP contribution >= 0.6 is 0 Å². The topological polar surface area (TPSA) is 35.5 Å². The van der Waals surface area contributed by atoms with Gasteiger partial charge in [-0.25, -0.2) is 0 Å². The lowest BCUT2D eigenvalue weighted by Crippen LogP contribution is -2.67. The predicted octanol–water partition coefficient (Wildman–Crippen LogP) is 5.65. The molecule has 4 atom stereocenters. The summed E-state index contributed by atoms with van der Waals surface area (Å²) in [5.41, 5.74) is 1.30. The van der Waals surface area contributed by atoms with Crippen LogP contribution in [-0.2, 0) is 14.0 Å². The van der Waals surface area contributed by atoms with Gasteiger partial charge in [-0.1, -0.05) is 107 Å². The van der Waals surface area contributed by atoms with Crippen molar-refractivity contribution in [3.63, 3.8) is 0 Å². The Bertz CT molecular complexity index is 996. The van der Waals surface area contributed by atoms with Crippen LogP contribution in [0.1, 0.15) is 47.5 Å². The SMILES string of the molecule is CC(=O)O[C@H]1CC=CC2=CC[C@H](C)[C@H](CO[Si](c3ccccc3)(c3ccccc3)C(C)(C)C)[C@H]21. The molecule has 0 heterocycles. The van der Waals surface area contributed by atoms with Crippen LogP contribution in [0.25, 0.3) is 0 Å². The second kappa shape index (κ2) is 10.0. The lowest BCUT2D eigenvalue weighted by Gasteiger charge is -2.47. The van der Waals surface area contributed by atoms with Crippen LogP contribution in [0, 0.1) is 17.8 Å². The number of esters is 1. The highest BCUT2D eigenvalue weighted by Gasteiger charge is 2.51. The molecule has 2 aromatic carbocycles. The maximum atomic E-state index is 11.9. The molecule has 0 saturated heterocycles. The van der Waals surface area contributed by atoms with E-state index in [0.717, 1.165) is 12.8 Å². The van der Waals surface area contributed by atoms with E-state index in [0.29, 0.717) is 12.5 Å². The average Bonchev–Trinajstić information content (AvgIpc) is 2.81. The Morgan fingerprint density at radius 3 is 2.09 bits per heavy atom. The first kappa shape index (κ1) is 24.7. The highest BCUT2D eigenvalue weighted by atomic mass is 28.4. The lowest BCUT2D eigenvalue weighted by atomic mass is 9.68. The molecule has 4 heteroatoms. The molecule has 2 aromatic rings. The van der Waals surface area contributed by atoms with Gasteiger partial charge in [0.25, 0.3) is 8.32 Å². The summed E-state index contributed by atoms with van der Waals surface area (Å²) in [5, 5.41) is 2.54. The summed E-state index contributed by atoms with van der Waals surface area (Å²) >= 11 is 0. The number of hydrogen-bond acceptors (Lipinski definition) is 3. The number of rotatable bonds is 6. The summed E-state index contributed by atoms with van der Waals surface area (Å²) in [4.78, 5) is 11.9. The lowest BCUT2D eigenvalue weighted by molar-refractivity contribution is -0.150. The molecule has 0 fully saturated rings. The van der Waals surface area contributed by atoms with E-state index in [9.17, 15) is 4.79 Å². The molecule has 0 amide bonds. The zero-order valence-corrected chi connectivity index (χ0v) is 22.2. The second-order valence-corrected chi connectivity index (χ2v) is 15.2. The minimum Gasteiger partial charge on any atom is -0.462 e. The van der Waals surface area contributed by atoms with Gasteiger partial charge in [0.1, 0.15) is 6.10 Å². The van der Waals surface area contributed by atoms with E-state index >= 15 is 0 Å². The van der Waals surface area contributed by atoms with Crippen molar-refractivity contribution in [1.29, 1.82) is 0 Å². The molecular formula is C30H38O3Si. The van der Waals surface area contributed by atoms with Gasteiger partial charge >= 0.3 is 5.97 Å². The Morgan fingerprint density at radius 2 is 1.56 bits per heavy atom. The normalized spacial score (nSPS) is 24.8. The van der Waals surface area contributed by atoms with Gasteiger partial charge in [0.05, 0.1) is 0 Å². The Morgan fingerprint density at radius 1 is 0.971 bits per heavy atom. The largest absolute Gasteiger partial charge is 0.462 e. The van der Waals surface area contributed by atoms with Gasteiger partial charge in [-0.05, 0) is 39.2 Å². The Balaban J connectivity index is 1.74. The van der Waals surface area contributed by atoms with Crippen LogP contribution in [-0.4, -0.2) is 27.0 Å². The van der Waals surface area contributed by atoms with Crippen LogP contribution in [0.2, 0.25) is 5.04 Å². The molecule has 180 valence electrons. The van der Waals surface area contributed by atoms with Crippen LogP contribution in [0.5, 0.6) is 0 Å². The molecule has 0 radical (unpaired) electrons. The third-order valence-corrected chi connectivity index (χ3v) is 12.6. The van der Waals surface area contributed by atoms with Crippen LogP contribution in [0.15, 0.2) is 84.5 Å². The van der Waals surface area contributed by atoms with E-state index in [1.807, 2.05) is 0 Å². The number of ether oxygens (including phenoxy) is 1. The summed E-state index contributed by atoms with van der Waals surface area (Å²) in [6, 6.07) is 21.6. The minimum absolute atomic E-state index is 0.0615. The quantitative estimate of drug-likeness (QED) is 0.401. The fourth-order valence-corrected chi connectivity index (χ4v) is 10.6. The van der Waals surface area contributed by atoms with Crippen LogP contribution < -0.4 is 10.4 Å². The van der Waals surface area contributed by atoms with E-state index in [2.05, 4.69) is 107 Å². The Hall–Kier alpha value is -2.43. The predicted molar refractivity (Wildman–Crippen MR) is 142 cm³/mol. The molecule has 0 N–H and O–H groups in total. The Labute approximate surface area is 206 Å². The van der Waals surface area contributed by atoms with Crippen LogP contribution in [0.3, 0.4) is 0 Å². The summed E-state index contributed by atoms with van der Waals surface area (Å²) in [6.07, 6.45) is 8.38. The maximum Gasteiger partial charge on any atom is 0.302 e. The molecule has 0 bridgehead atoms. The molecule has 4 rings (SSSR count). The van der Waals surface area contributed by atoms with Crippen molar-refractivity contribution in [3.8, 4) is 0 Å². The number of benzene rings is 2. The zero-order chi connectivity index (χ0) is 24.3. The van der Waals surface area contributed by atoms with Gasteiger partial charge in [0, 0.05) is 25.9 Å². The second-order valence-electron chi connectivity index (χ2n) is 10.9. The van der Waals surface area contributed by atoms with Crippen molar-refractivity contribution in [2.45, 2.75) is 58.6 Å². The summed E-state index contributed by atoms with van der Waals surface area (Å²) < 4.78 is 13.2. The molecule has 0 spiro atoms. The van der Waals surface area contributed by atoms with Crippen molar-refractivity contribution in [3.05, 3.63) is 84.5 Å². The first-order valence-electron chi connectivity index (χ1n) is 12.5. The van der Waals surface area contributed by atoms with E-state index < -0.39 is 8.32 Å². The summed E-state index contributed by atoms with van der Waals surface area (Å²) in [6.45, 7) is 11.4. The summed E-state index contributed by atoms with van der Waals surface area (Å²) in [7, 11) is -2.62. The number of hydrogen-bond donors (Lipinski definition) is 0. The average molecular weight is 475 g/mol. The van der Waals surface area contributed by atoms with E-state index in [4.69, 9.17) is 9.16 Å². The van der Waals surface area contributed by atoms with Gasteiger partial charge in [-0.3, -0.25) is 4.79 Å². The molecule has 3 nitrogen and oxygen atoms in total. The minimum atomic E-state index is -2.62. The monoisotopic (exact) mass is 474 g/mol. The van der Waals surface area contributed by atoms with Gasteiger partial charge in [0.15, 0.2) is 0 Å². The first-order chi connectivity index (χ1) is 16.2. The Kier molecular flexibility index (Phi) is 7.30. The molecule has 0 aliphatic heterocycles. The fraction of sp³-hybridized carbons (Fsp3) is 0.433. The van der Waals surface area contributed by atoms with E-state index in [1.165, 1.54) is 22.9 Å². The molecule has 2 aliphatic carbocycles. The van der Waals surface area contributed by atoms with Crippen molar-refractivity contribution in [2.24, 2.45) is 17.8 Å².